The van der Waals surface area contributed by atoms with E-state index < -0.39 is 0 Å². The summed E-state index contributed by atoms with van der Waals surface area (Å²) in [5, 5.41) is 24.3. The fourth-order valence-electron chi connectivity index (χ4n) is 7.35. The minimum Gasteiger partial charge on any atom is -0.309 e. The molecule has 0 spiro atoms. The first-order chi connectivity index (χ1) is 23.7. The van der Waals surface area contributed by atoms with Gasteiger partial charge in [0.05, 0.1) is 51.0 Å². The molecule has 0 saturated heterocycles. The Labute approximate surface area is 277 Å². The second kappa shape index (κ2) is 10.9. The van der Waals surface area contributed by atoms with Crippen LogP contribution >= 0.6 is 0 Å². The smallest absolute Gasteiger partial charge is 0.0998 e. The van der Waals surface area contributed by atoms with Crippen molar-refractivity contribution in [3.8, 4) is 45.8 Å². The second-order valence-corrected chi connectivity index (χ2v) is 12.0. The lowest BCUT2D eigenvalue weighted by molar-refractivity contribution is 1.18. The van der Waals surface area contributed by atoms with Crippen LogP contribution in [0.15, 0.2) is 158 Å². The van der Waals surface area contributed by atoms with Crippen molar-refractivity contribution in [1.82, 2.24) is 9.13 Å². The Bertz CT molecular complexity index is 2750. The van der Waals surface area contributed by atoms with Crippen molar-refractivity contribution in [3.63, 3.8) is 0 Å². The normalized spacial score (nSPS) is 11.3. The topological polar surface area (TPSA) is 57.4 Å². The number of hydrogen-bond donors (Lipinski definition) is 0. The van der Waals surface area contributed by atoms with Crippen LogP contribution in [0.1, 0.15) is 11.1 Å². The van der Waals surface area contributed by atoms with Crippen LogP contribution in [-0.4, -0.2) is 9.13 Å². The number of fused-ring (bicyclic) bond motifs is 6. The van der Waals surface area contributed by atoms with E-state index in [-0.39, 0.29) is 0 Å². The Hall–Kier alpha value is -6.88. The van der Waals surface area contributed by atoms with Crippen molar-refractivity contribution in [2.24, 2.45) is 0 Å². The van der Waals surface area contributed by atoms with Crippen LogP contribution in [0.2, 0.25) is 0 Å². The van der Waals surface area contributed by atoms with E-state index in [0.29, 0.717) is 11.1 Å². The lowest BCUT2D eigenvalue weighted by Crippen LogP contribution is -1.98. The van der Waals surface area contributed by atoms with E-state index >= 15 is 0 Å². The van der Waals surface area contributed by atoms with Gasteiger partial charge in [-0.05, 0) is 77.4 Å². The van der Waals surface area contributed by atoms with E-state index in [2.05, 4.69) is 143 Å². The number of nitriles is 2. The largest absolute Gasteiger partial charge is 0.309 e. The summed E-state index contributed by atoms with van der Waals surface area (Å²) in [6, 6.07) is 59.0. The SMILES string of the molecule is N#Cc1ccc(-c2ccc(-n3c4ccccc4c4c(C#N)cccc43)cc2)c(-c2ccccc2-n2c3ccccc3c3ccccc32)c1. The van der Waals surface area contributed by atoms with Crippen molar-refractivity contribution in [1.29, 1.82) is 10.5 Å². The Morgan fingerprint density at radius 3 is 1.71 bits per heavy atom. The maximum atomic E-state index is 9.98. The van der Waals surface area contributed by atoms with E-state index in [1.807, 2.05) is 36.4 Å². The van der Waals surface area contributed by atoms with E-state index in [4.69, 9.17) is 0 Å². The quantitative estimate of drug-likeness (QED) is 0.199. The highest BCUT2D eigenvalue weighted by molar-refractivity contribution is 6.12. The van der Waals surface area contributed by atoms with Crippen LogP contribution in [0.3, 0.4) is 0 Å². The van der Waals surface area contributed by atoms with Crippen molar-refractivity contribution in [2.45, 2.75) is 0 Å². The summed E-state index contributed by atoms with van der Waals surface area (Å²) in [5.41, 5.74) is 11.8. The highest BCUT2D eigenvalue weighted by Gasteiger charge is 2.19. The third-order valence-corrected chi connectivity index (χ3v) is 9.42. The van der Waals surface area contributed by atoms with Crippen LogP contribution < -0.4 is 0 Å². The van der Waals surface area contributed by atoms with Gasteiger partial charge in [0.2, 0.25) is 0 Å². The predicted octanol–water partition coefficient (Wildman–Crippen LogP) is 11.0. The Morgan fingerprint density at radius 1 is 0.417 bits per heavy atom. The maximum Gasteiger partial charge on any atom is 0.0998 e. The number of benzene rings is 7. The third-order valence-electron chi connectivity index (χ3n) is 9.42. The van der Waals surface area contributed by atoms with Gasteiger partial charge >= 0.3 is 0 Å². The van der Waals surface area contributed by atoms with Crippen molar-refractivity contribution in [2.75, 3.05) is 0 Å². The van der Waals surface area contributed by atoms with Gasteiger partial charge in [0.1, 0.15) is 0 Å². The van der Waals surface area contributed by atoms with Gasteiger partial charge in [-0.2, -0.15) is 10.5 Å². The van der Waals surface area contributed by atoms with Crippen LogP contribution in [0, 0.1) is 22.7 Å². The number of aromatic nitrogens is 2. The molecule has 9 rings (SSSR count). The number of hydrogen-bond acceptors (Lipinski definition) is 2. The molecule has 0 aliphatic carbocycles. The molecule has 2 aromatic heterocycles. The van der Waals surface area contributed by atoms with E-state index in [9.17, 15) is 10.5 Å². The molecule has 9 aromatic rings. The zero-order chi connectivity index (χ0) is 32.2. The van der Waals surface area contributed by atoms with Gasteiger partial charge < -0.3 is 9.13 Å². The molecule has 0 saturated carbocycles. The van der Waals surface area contributed by atoms with E-state index in [0.717, 1.165) is 66.5 Å². The minimum absolute atomic E-state index is 0.612. The standard InChI is InChI=1S/C44H26N4/c45-27-29-20-25-33(30-21-23-32(24-22-30)47-42-18-8-4-14-37(42)44-31(28-46)10-9-19-43(44)47)38(26-29)36-13-3-7-17-41(36)48-39-15-5-1-11-34(39)35-12-2-6-16-40(35)48/h1-26H. The van der Waals surface area contributed by atoms with Gasteiger partial charge in [-0.25, -0.2) is 0 Å². The van der Waals surface area contributed by atoms with Crippen molar-refractivity contribution in [3.05, 3.63) is 169 Å². The minimum atomic E-state index is 0.612. The number of para-hydroxylation sites is 4. The average molecular weight is 611 g/mol. The molecule has 7 aromatic carbocycles. The molecule has 4 nitrogen and oxygen atoms in total. The van der Waals surface area contributed by atoms with Crippen LogP contribution in [-0.2, 0) is 0 Å². The maximum absolute atomic E-state index is 9.98. The summed E-state index contributed by atoms with van der Waals surface area (Å²) in [6.45, 7) is 0. The highest BCUT2D eigenvalue weighted by atomic mass is 15.0. The zero-order valence-corrected chi connectivity index (χ0v) is 25.8. The predicted molar refractivity (Wildman–Crippen MR) is 195 cm³/mol. The first-order valence-electron chi connectivity index (χ1n) is 15.9. The second-order valence-electron chi connectivity index (χ2n) is 12.0. The summed E-state index contributed by atoms with van der Waals surface area (Å²) in [4.78, 5) is 0. The molecule has 0 unspecified atom stereocenters. The number of rotatable bonds is 4. The molecule has 0 fully saturated rings. The Kier molecular flexibility index (Phi) is 6.22. The monoisotopic (exact) mass is 610 g/mol. The molecule has 0 N–H and O–H groups in total. The molecule has 0 atom stereocenters. The molecule has 222 valence electrons. The molecule has 4 heteroatoms. The molecular weight excluding hydrogens is 585 g/mol. The van der Waals surface area contributed by atoms with Crippen LogP contribution in [0.4, 0.5) is 0 Å². The number of nitrogens with zero attached hydrogens (tertiary/aromatic N) is 4. The molecule has 48 heavy (non-hydrogen) atoms. The molecule has 0 radical (unpaired) electrons. The van der Waals surface area contributed by atoms with Gasteiger partial charge in [-0.1, -0.05) is 97.1 Å². The summed E-state index contributed by atoms with van der Waals surface area (Å²) in [6.07, 6.45) is 0. The fourth-order valence-corrected chi connectivity index (χ4v) is 7.35. The zero-order valence-electron chi connectivity index (χ0n) is 25.8. The molecular formula is C44H26N4. The first kappa shape index (κ1) is 27.4. The van der Waals surface area contributed by atoms with Crippen molar-refractivity contribution < 1.29 is 0 Å². The Morgan fingerprint density at radius 2 is 1.02 bits per heavy atom. The van der Waals surface area contributed by atoms with Crippen LogP contribution in [0.5, 0.6) is 0 Å². The molecule has 0 aliphatic heterocycles. The van der Waals surface area contributed by atoms with Crippen molar-refractivity contribution >= 4 is 43.6 Å². The molecule has 0 aliphatic rings. The molecule has 2 heterocycles. The van der Waals surface area contributed by atoms with Gasteiger partial charge in [0, 0.05) is 32.8 Å². The summed E-state index contributed by atoms with van der Waals surface area (Å²) in [7, 11) is 0. The van der Waals surface area contributed by atoms with E-state index in [1.165, 1.54) is 10.8 Å². The summed E-state index contributed by atoms with van der Waals surface area (Å²) in [5.74, 6) is 0. The van der Waals surface area contributed by atoms with Gasteiger partial charge in [0.25, 0.3) is 0 Å². The van der Waals surface area contributed by atoms with Gasteiger partial charge in [-0.3, -0.25) is 0 Å². The first-order valence-corrected chi connectivity index (χ1v) is 15.9. The fraction of sp³-hybridized carbons (Fsp3) is 0. The molecule has 0 amide bonds. The molecule has 0 bridgehead atoms. The van der Waals surface area contributed by atoms with E-state index in [1.54, 1.807) is 0 Å². The Balaban J connectivity index is 1.24. The van der Waals surface area contributed by atoms with Gasteiger partial charge in [0.15, 0.2) is 0 Å². The third kappa shape index (κ3) is 4.07. The van der Waals surface area contributed by atoms with Gasteiger partial charge in [-0.15, -0.1) is 0 Å². The summed E-state index contributed by atoms with van der Waals surface area (Å²) < 4.78 is 4.57. The average Bonchev–Trinajstić information content (AvgIpc) is 3.68. The lowest BCUT2D eigenvalue weighted by atomic mass is 9.91. The lowest BCUT2D eigenvalue weighted by Gasteiger charge is -2.17. The summed E-state index contributed by atoms with van der Waals surface area (Å²) >= 11 is 0. The highest BCUT2D eigenvalue weighted by Crippen LogP contribution is 2.41. The van der Waals surface area contributed by atoms with Crippen LogP contribution in [0.25, 0.3) is 77.2 Å².